The van der Waals surface area contributed by atoms with Gasteiger partial charge in [-0.1, -0.05) is 0 Å². The third kappa shape index (κ3) is 4.23. The smallest absolute Gasteiger partial charge is 0.291 e. The number of nitrogens with one attached hydrogen (secondary N) is 1. The number of amides is 1. The lowest BCUT2D eigenvalue weighted by atomic mass is 10.0. The van der Waals surface area contributed by atoms with Crippen LogP contribution >= 0.6 is 0 Å². The second kappa shape index (κ2) is 9.01. The maximum Gasteiger partial charge on any atom is 0.291 e. The van der Waals surface area contributed by atoms with Gasteiger partial charge in [-0.25, -0.2) is 0 Å². The van der Waals surface area contributed by atoms with Crippen LogP contribution in [-0.2, 0) is 6.42 Å². The van der Waals surface area contributed by atoms with Gasteiger partial charge in [-0.15, -0.1) is 0 Å². The average Bonchev–Trinajstić information content (AvgIpc) is 3.31. The topological polar surface area (TPSA) is 81.0 Å². The standard InChI is InChI=1S/C25H24N2O5/c1-27-11-10-17-14-22(30-2)23(31-3)15-18(17)13-20(27)24(28)16-6-8-19(9-7-16)26-25(29)21-5-4-12-32-21/h4-9,12-15H,10-11H2,1-3H3,(H,26,29). The summed E-state index contributed by atoms with van der Waals surface area (Å²) >= 11 is 0. The molecule has 1 N–H and O–H groups in total. The third-order valence-electron chi connectivity index (χ3n) is 5.45. The number of hydrogen-bond acceptors (Lipinski definition) is 6. The number of Topliss-reactive ketones (excluding diaryl/α,β-unsaturated/α-hetero) is 1. The summed E-state index contributed by atoms with van der Waals surface area (Å²) < 4.78 is 15.9. The molecule has 2 aromatic carbocycles. The molecule has 1 amide bonds. The predicted molar refractivity (Wildman–Crippen MR) is 121 cm³/mol. The summed E-state index contributed by atoms with van der Waals surface area (Å²) in [6, 6.07) is 13.9. The van der Waals surface area contributed by atoms with Crippen LogP contribution < -0.4 is 14.8 Å². The van der Waals surface area contributed by atoms with E-state index in [1.54, 1.807) is 50.6 Å². The first kappa shape index (κ1) is 21.2. The Morgan fingerprint density at radius 1 is 1.03 bits per heavy atom. The number of ketones is 1. The Kier molecular flexibility index (Phi) is 5.98. The molecule has 7 nitrogen and oxygen atoms in total. The van der Waals surface area contributed by atoms with E-state index >= 15 is 0 Å². The van der Waals surface area contributed by atoms with Crippen molar-refractivity contribution in [2.75, 3.05) is 33.1 Å². The zero-order valence-corrected chi connectivity index (χ0v) is 18.2. The molecule has 164 valence electrons. The summed E-state index contributed by atoms with van der Waals surface area (Å²) in [4.78, 5) is 27.4. The molecule has 2 heterocycles. The molecule has 32 heavy (non-hydrogen) atoms. The first-order chi connectivity index (χ1) is 15.5. The normalized spacial score (nSPS) is 13.0. The number of carbonyl (C=O) groups is 2. The number of nitrogens with zero attached hydrogens (tertiary/aromatic N) is 1. The molecule has 0 unspecified atom stereocenters. The minimum absolute atomic E-state index is 0.0981. The number of ether oxygens (including phenoxy) is 2. The van der Waals surface area contributed by atoms with Gasteiger partial charge in [0.1, 0.15) is 0 Å². The Hall–Kier alpha value is -4.00. The van der Waals surface area contributed by atoms with Gasteiger partial charge in [-0.3, -0.25) is 9.59 Å². The quantitative estimate of drug-likeness (QED) is 0.586. The van der Waals surface area contributed by atoms with E-state index in [0.717, 1.165) is 17.5 Å². The van der Waals surface area contributed by atoms with Gasteiger partial charge in [0.2, 0.25) is 5.78 Å². The highest BCUT2D eigenvalue weighted by Gasteiger charge is 2.22. The molecule has 1 aromatic heterocycles. The van der Waals surface area contributed by atoms with Gasteiger partial charge >= 0.3 is 0 Å². The molecule has 4 rings (SSSR count). The van der Waals surface area contributed by atoms with Gasteiger partial charge in [0.15, 0.2) is 17.3 Å². The molecule has 0 atom stereocenters. The molecular formula is C25H24N2O5. The largest absolute Gasteiger partial charge is 0.493 e. The Labute approximate surface area is 186 Å². The van der Waals surface area contributed by atoms with E-state index in [2.05, 4.69) is 5.32 Å². The van der Waals surface area contributed by atoms with Gasteiger partial charge in [-0.05, 0) is 72.2 Å². The highest BCUT2D eigenvalue weighted by molar-refractivity contribution is 6.11. The summed E-state index contributed by atoms with van der Waals surface area (Å²) in [5, 5.41) is 2.75. The molecule has 0 aliphatic carbocycles. The zero-order valence-electron chi connectivity index (χ0n) is 18.2. The molecule has 0 saturated heterocycles. The van der Waals surface area contributed by atoms with Gasteiger partial charge in [0.25, 0.3) is 5.91 Å². The van der Waals surface area contributed by atoms with Gasteiger partial charge in [0, 0.05) is 24.8 Å². The number of allylic oxidation sites excluding steroid dienone is 1. The number of methoxy groups -OCH3 is 2. The Bertz CT molecular complexity index is 1160. The number of benzene rings is 2. The van der Waals surface area contributed by atoms with Crippen LogP contribution in [0.25, 0.3) is 6.08 Å². The Balaban J connectivity index is 1.59. The summed E-state index contributed by atoms with van der Waals surface area (Å²) in [6.45, 7) is 0.692. The van der Waals surface area contributed by atoms with E-state index in [1.165, 1.54) is 6.26 Å². The van der Waals surface area contributed by atoms with Gasteiger partial charge < -0.3 is 24.1 Å². The minimum Gasteiger partial charge on any atom is -0.493 e. The summed E-state index contributed by atoms with van der Waals surface area (Å²) in [7, 11) is 5.11. The van der Waals surface area contributed by atoms with E-state index in [1.807, 2.05) is 30.2 Å². The van der Waals surface area contributed by atoms with E-state index < -0.39 is 0 Å². The second-order valence-electron chi connectivity index (χ2n) is 7.45. The maximum atomic E-state index is 13.3. The summed E-state index contributed by atoms with van der Waals surface area (Å²) in [6.07, 6.45) is 4.11. The lowest BCUT2D eigenvalue weighted by Crippen LogP contribution is -2.24. The lowest BCUT2D eigenvalue weighted by Gasteiger charge is -2.19. The molecule has 1 aliphatic rings. The van der Waals surface area contributed by atoms with Crippen LogP contribution in [-0.4, -0.2) is 44.4 Å². The van der Waals surface area contributed by atoms with E-state index in [0.29, 0.717) is 35.0 Å². The fraction of sp³-hybridized carbons (Fsp3) is 0.200. The molecule has 0 radical (unpaired) electrons. The molecule has 0 fully saturated rings. The van der Waals surface area contributed by atoms with Gasteiger partial charge in [0.05, 0.1) is 26.2 Å². The average molecular weight is 432 g/mol. The number of anilines is 1. The fourth-order valence-electron chi connectivity index (χ4n) is 3.65. The summed E-state index contributed by atoms with van der Waals surface area (Å²) in [5.41, 5.74) is 3.71. The van der Waals surface area contributed by atoms with Crippen LogP contribution in [0, 0.1) is 0 Å². The van der Waals surface area contributed by atoms with Crippen molar-refractivity contribution >= 4 is 23.5 Å². The first-order valence-electron chi connectivity index (χ1n) is 10.2. The van der Waals surface area contributed by atoms with Crippen LogP contribution in [0.15, 0.2) is 64.9 Å². The van der Waals surface area contributed by atoms with Crippen LogP contribution in [0.3, 0.4) is 0 Å². The number of likely N-dealkylation sites (N-methyl/N-ethyl adjacent to an activating group) is 1. The molecule has 0 bridgehead atoms. The fourth-order valence-corrected chi connectivity index (χ4v) is 3.65. The van der Waals surface area contributed by atoms with Crippen LogP contribution in [0.4, 0.5) is 5.69 Å². The number of hydrogen-bond donors (Lipinski definition) is 1. The number of furan rings is 1. The lowest BCUT2D eigenvalue weighted by molar-refractivity contribution is 0.0992. The molecule has 3 aromatic rings. The van der Waals surface area contributed by atoms with Crippen molar-refractivity contribution < 1.29 is 23.5 Å². The number of rotatable bonds is 6. The zero-order chi connectivity index (χ0) is 22.7. The molecule has 1 aliphatic heterocycles. The third-order valence-corrected chi connectivity index (χ3v) is 5.45. The van der Waals surface area contributed by atoms with Crippen molar-refractivity contribution in [2.45, 2.75) is 6.42 Å². The highest BCUT2D eigenvalue weighted by atomic mass is 16.5. The van der Waals surface area contributed by atoms with Gasteiger partial charge in [-0.2, -0.15) is 0 Å². The van der Waals surface area contributed by atoms with Crippen molar-refractivity contribution in [2.24, 2.45) is 0 Å². The van der Waals surface area contributed by atoms with Crippen molar-refractivity contribution in [3.05, 3.63) is 82.9 Å². The maximum absolute atomic E-state index is 13.3. The molecular weight excluding hydrogens is 408 g/mol. The second-order valence-corrected chi connectivity index (χ2v) is 7.45. The summed E-state index contributed by atoms with van der Waals surface area (Å²) in [5.74, 6) is 1.07. The molecule has 0 saturated carbocycles. The van der Waals surface area contributed by atoms with Crippen molar-refractivity contribution in [1.82, 2.24) is 4.90 Å². The van der Waals surface area contributed by atoms with E-state index in [9.17, 15) is 9.59 Å². The molecule has 7 heteroatoms. The van der Waals surface area contributed by atoms with E-state index in [4.69, 9.17) is 13.9 Å². The number of fused-ring (bicyclic) bond motifs is 1. The van der Waals surface area contributed by atoms with Crippen LogP contribution in [0.5, 0.6) is 11.5 Å². The van der Waals surface area contributed by atoms with Crippen molar-refractivity contribution in [3.8, 4) is 11.5 Å². The minimum atomic E-state index is -0.346. The SMILES string of the molecule is COc1cc2c(cc1OC)CCN(C)C(C(=O)c1ccc(NC(=O)c3ccco3)cc1)=C2. The predicted octanol–water partition coefficient (Wildman–Crippen LogP) is 4.26. The van der Waals surface area contributed by atoms with Crippen molar-refractivity contribution in [1.29, 1.82) is 0 Å². The number of carbonyl (C=O) groups excluding carboxylic acids is 2. The Morgan fingerprint density at radius 2 is 1.75 bits per heavy atom. The van der Waals surface area contributed by atoms with Crippen LogP contribution in [0.2, 0.25) is 0 Å². The van der Waals surface area contributed by atoms with E-state index in [-0.39, 0.29) is 17.5 Å². The molecule has 0 spiro atoms. The van der Waals surface area contributed by atoms with Crippen molar-refractivity contribution in [3.63, 3.8) is 0 Å². The first-order valence-corrected chi connectivity index (χ1v) is 10.2. The monoisotopic (exact) mass is 432 g/mol. The highest BCUT2D eigenvalue weighted by Crippen LogP contribution is 2.34. The Morgan fingerprint density at radius 3 is 2.41 bits per heavy atom. The van der Waals surface area contributed by atoms with Crippen LogP contribution in [0.1, 0.15) is 32.0 Å².